The molecule has 1 aliphatic rings. The van der Waals surface area contributed by atoms with Crippen LogP contribution in [-0.4, -0.2) is 28.1 Å². The first kappa shape index (κ1) is 15.5. The Labute approximate surface area is 136 Å². The predicted octanol–water partition coefficient (Wildman–Crippen LogP) is 4.47. The summed E-state index contributed by atoms with van der Waals surface area (Å²) in [6.07, 6.45) is 6.54. The van der Waals surface area contributed by atoms with Gasteiger partial charge in [-0.3, -0.25) is 9.88 Å². The second-order valence-corrected chi connectivity index (χ2v) is 6.76. The quantitative estimate of drug-likeness (QED) is 0.730. The van der Waals surface area contributed by atoms with E-state index in [0.717, 1.165) is 22.9 Å². The summed E-state index contributed by atoms with van der Waals surface area (Å²) in [5.41, 5.74) is 1.46. The Morgan fingerprint density at radius 2 is 2.04 bits per heavy atom. The Balaban J connectivity index is 1.99. The van der Waals surface area contributed by atoms with Crippen LogP contribution in [0.25, 0.3) is 10.9 Å². The number of hydrogen-bond donors (Lipinski definition) is 0. The van der Waals surface area contributed by atoms with E-state index in [1.807, 2.05) is 51.1 Å². The van der Waals surface area contributed by atoms with Gasteiger partial charge in [-0.2, -0.15) is 0 Å². The van der Waals surface area contributed by atoms with E-state index >= 15 is 0 Å². The smallest absolute Gasteiger partial charge is 0.411 e. The number of para-hydroxylation sites is 1. The third-order valence-electron chi connectivity index (χ3n) is 3.80. The summed E-state index contributed by atoms with van der Waals surface area (Å²) in [4.78, 5) is 18.9. The summed E-state index contributed by atoms with van der Waals surface area (Å²) in [6.45, 7) is 6.32. The summed E-state index contributed by atoms with van der Waals surface area (Å²) in [7, 11) is 0. The molecule has 2 heterocycles. The van der Waals surface area contributed by atoms with Crippen molar-refractivity contribution in [2.75, 3.05) is 6.54 Å². The molecule has 2 aromatic rings. The molecule has 4 heteroatoms. The number of hydrogen-bond acceptors (Lipinski definition) is 3. The van der Waals surface area contributed by atoms with Gasteiger partial charge in [-0.1, -0.05) is 36.4 Å². The third-order valence-corrected chi connectivity index (χ3v) is 3.80. The van der Waals surface area contributed by atoms with Crippen LogP contribution < -0.4 is 0 Å². The first-order chi connectivity index (χ1) is 11.0. The Morgan fingerprint density at radius 3 is 2.83 bits per heavy atom. The standard InChI is InChI=1S/C19H22N2O2/c1-19(2,3)23-18(22)21-13-5-4-11-16(21)15-10-6-8-14-9-7-12-20-17(14)15/h4,6-12,16H,5,13H2,1-3H3/t16-/m1/s1. The number of carbonyl (C=O) groups is 1. The maximum atomic E-state index is 12.6. The lowest BCUT2D eigenvalue weighted by Gasteiger charge is -2.34. The zero-order chi connectivity index (χ0) is 16.4. The van der Waals surface area contributed by atoms with Crippen molar-refractivity contribution >= 4 is 17.0 Å². The summed E-state index contributed by atoms with van der Waals surface area (Å²) < 4.78 is 5.57. The van der Waals surface area contributed by atoms with E-state index in [1.54, 1.807) is 11.1 Å². The molecular weight excluding hydrogens is 288 g/mol. The molecule has 1 aliphatic heterocycles. The van der Waals surface area contributed by atoms with Crippen molar-refractivity contribution in [3.05, 3.63) is 54.2 Å². The van der Waals surface area contributed by atoms with E-state index in [9.17, 15) is 4.79 Å². The van der Waals surface area contributed by atoms with Crippen molar-refractivity contribution in [1.82, 2.24) is 9.88 Å². The average Bonchev–Trinajstić information content (AvgIpc) is 2.53. The Bertz CT molecular complexity index is 741. The Hall–Kier alpha value is -2.36. The lowest BCUT2D eigenvalue weighted by molar-refractivity contribution is 0.0191. The Kier molecular flexibility index (Phi) is 4.07. The number of pyridine rings is 1. The fourth-order valence-electron chi connectivity index (χ4n) is 2.85. The average molecular weight is 310 g/mol. The van der Waals surface area contributed by atoms with Gasteiger partial charge in [0, 0.05) is 23.7 Å². The highest BCUT2D eigenvalue weighted by Gasteiger charge is 2.30. The van der Waals surface area contributed by atoms with Crippen molar-refractivity contribution in [1.29, 1.82) is 0 Å². The van der Waals surface area contributed by atoms with Gasteiger partial charge in [0.15, 0.2) is 0 Å². The van der Waals surface area contributed by atoms with E-state index in [2.05, 4.69) is 17.1 Å². The van der Waals surface area contributed by atoms with Crippen LogP contribution in [0.2, 0.25) is 0 Å². The van der Waals surface area contributed by atoms with Gasteiger partial charge in [-0.05, 0) is 33.3 Å². The lowest BCUT2D eigenvalue weighted by Crippen LogP contribution is -2.40. The summed E-state index contributed by atoms with van der Waals surface area (Å²) >= 11 is 0. The fourth-order valence-corrected chi connectivity index (χ4v) is 2.85. The number of benzene rings is 1. The van der Waals surface area contributed by atoms with Crippen LogP contribution >= 0.6 is 0 Å². The highest BCUT2D eigenvalue weighted by molar-refractivity contribution is 5.83. The number of fused-ring (bicyclic) bond motifs is 1. The van der Waals surface area contributed by atoms with Crippen molar-refractivity contribution < 1.29 is 9.53 Å². The van der Waals surface area contributed by atoms with Crippen molar-refractivity contribution in [3.63, 3.8) is 0 Å². The van der Waals surface area contributed by atoms with Crippen LogP contribution in [0.5, 0.6) is 0 Å². The van der Waals surface area contributed by atoms with Gasteiger partial charge in [0.2, 0.25) is 0 Å². The minimum absolute atomic E-state index is 0.141. The van der Waals surface area contributed by atoms with Gasteiger partial charge in [-0.25, -0.2) is 4.79 Å². The van der Waals surface area contributed by atoms with Crippen molar-refractivity contribution in [2.24, 2.45) is 0 Å². The van der Waals surface area contributed by atoms with Crippen LogP contribution in [-0.2, 0) is 4.74 Å². The normalized spacial score (nSPS) is 18.2. The summed E-state index contributed by atoms with van der Waals surface area (Å²) in [6, 6.07) is 9.90. The van der Waals surface area contributed by atoms with E-state index < -0.39 is 5.60 Å². The maximum absolute atomic E-state index is 12.6. The second kappa shape index (κ2) is 6.03. The van der Waals surface area contributed by atoms with Gasteiger partial charge in [0.1, 0.15) is 5.60 Å². The van der Waals surface area contributed by atoms with Crippen LogP contribution in [0.3, 0.4) is 0 Å². The van der Waals surface area contributed by atoms with Crippen molar-refractivity contribution in [3.8, 4) is 0 Å². The minimum Gasteiger partial charge on any atom is -0.444 e. The van der Waals surface area contributed by atoms with Crippen LogP contribution in [0, 0.1) is 0 Å². The first-order valence-corrected chi connectivity index (χ1v) is 7.96. The number of nitrogens with zero attached hydrogens (tertiary/aromatic N) is 2. The molecule has 4 nitrogen and oxygen atoms in total. The first-order valence-electron chi connectivity index (χ1n) is 7.96. The van der Waals surface area contributed by atoms with Gasteiger partial charge in [0.25, 0.3) is 0 Å². The third kappa shape index (κ3) is 3.36. The van der Waals surface area contributed by atoms with E-state index in [-0.39, 0.29) is 12.1 Å². The van der Waals surface area contributed by atoms with Gasteiger partial charge < -0.3 is 4.74 Å². The SMILES string of the molecule is CC(C)(C)OC(=O)N1CCC=C[C@@H]1c1cccc2cccnc12. The molecule has 0 N–H and O–H groups in total. The number of ether oxygens (including phenoxy) is 1. The van der Waals surface area contributed by atoms with Crippen LogP contribution in [0.4, 0.5) is 4.79 Å². The van der Waals surface area contributed by atoms with Gasteiger partial charge in [-0.15, -0.1) is 0 Å². The highest BCUT2D eigenvalue weighted by Crippen LogP contribution is 2.31. The molecule has 0 bridgehead atoms. The maximum Gasteiger partial charge on any atom is 0.411 e. The molecule has 120 valence electrons. The molecule has 0 aliphatic carbocycles. The molecule has 1 aromatic heterocycles. The summed E-state index contributed by atoms with van der Waals surface area (Å²) in [5, 5.41) is 1.08. The molecule has 23 heavy (non-hydrogen) atoms. The lowest BCUT2D eigenvalue weighted by atomic mass is 9.98. The Morgan fingerprint density at radius 1 is 1.26 bits per heavy atom. The monoisotopic (exact) mass is 310 g/mol. The molecule has 0 radical (unpaired) electrons. The molecule has 0 fully saturated rings. The molecule has 0 spiro atoms. The molecule has 1 atom stereocenters. The number of carbonyl (C=O) groups excluding carboxylic acids is 1. The number of aromatic nitrogens is 1. The zero-order valence-corrected chi connectivity index (χ0v) is 13.8. The number of rotatable bonds is 1. The fraction of sp³-hybridized carbons (Fsp3) is 0.368. The summed E-state index contributed by atoms with van der Waals surface area (Å²) in [5.74, 6) is 0. The highest BCUT2D eigenvalue weighted by atomic mass is 16.6. The largest absolute Gasteiger partial charge is 0.444 e. The predicted molar refractivity (Wildman–Crippen MR) is 91.2 cm³/mol. The van der Waals surface area contributed by atoms with Gasteiger partial charge in [0.05, 0.1) is 11.6 Å². The van der Waals surface area contributed by atoms with Crippen LogP contribution in [0.1, 0.15) is 38.8 Å². The molecule has 3 rings (SSSR count). The van der Waals surface area contributed by atoms with E-state index in [0.29, 0.717) is 6.54 Å². The van der Waals surface area contributed by atoms with Crippen LogP contribution in [0.15, 0.2) is 48.7 Å². The minimum atomic E-state index is -0.500. The topological polar surface area (TPSA) is 42.4 Å². The number of amides is 1. The molecule has 0 unspecified atom stereocenters. The second-order valence-electron chi connectivity index (χ2n) is 6.76. The van der Waals surface area contributed by atoms with Gasteiger partial charge >= 0.3 is 6.09 Å². The molecule has 1 amide bonds. The molecule has 0 saturated carbocycles. The van der Waals surface area contributed by atoms with E-state index in [1.165, 1.54) is 0 Å². The molecule has 0 saturated heterocycles. The zero-order valence-electron chi connectivity index (χ0n) is 13.8. The van der Waals surface area contributed by atoms with E-state index in [4.69, 9.17) is 4.74 Å². The van der Waals surface area contributed by atoms with Crippen molar-refractivity contribution in [2.45, 2.75) is 38.8 Å². The molecular formula is C19H22N2O2. The molecule has 1 aromatic carbocycles.